The molecule has 1 aliphatic heterocycles. The monoisotopic (exact) mass is 303 g/mol. The zero-order valence-corrected chi connectivity index (χ0v) is 14.0. The van der Waals surface area contributed by atoms with E-state index in [0.717, 1.165) is 26.2 Å². The predicted molar refractivity (Wildman–Crippen MR) is 90.7 cm³/mol. The fourth-order valence-electron chi connectivity index (χ4n) is 3.49. The fourth-order valence-corrected chi connectivity index (χ4v) is 3.49. The van der Waals surface area contributed by atoms with Crippen molar-refractivity contribution >= 4 is 5.91 Å². The minimum atomic E-state index is -0.0670. The average Bonchev–Trinajstić information content (AvgIpc) is 3.00. The number of amides is 1. The van der Waals surface area contributed by atoms with E-state index >= 15 is 0 Å². The smallest absolute Gasteiger partial charge is 0.239 e. The number of likely N-dealkylation sites (N-methyl/N-ethyl adjacent to an activating group) is 1. The molecule has 4 heteroatoms. The molecule has 0 aliphatic carbocycles. The van der Waals surface area contributed by atoms with Gasteiger partial charge in [0, 0.05) is 32.1 Å². The summed E-state index contributed by atoms with van der Waals surface area (Å²) in [7, 11) is 0. The Bertz CT molecular complexity index is 472. The van der Waals surface area contributed by atoms with Gasteiger partial charge in [0.15, 0.2) is 0 Å². The lowest BCUT2D eigenvalue weighted by Gasteiger charge is -2.29. The highest BCUT2D eigenvalue weighted by Gasteiger charge is 2.37. The highest BCUT2D eigenvalue weighted by atomic mass is 16.2. The van der Waals surface area contributed by atoms with Crippen LogP contribution in [0, 0.1) is 5.92 Å². The third-order valence-electron chi connectivity index (χ3n) is 4.98. The van der Waals surface area contributed by atoms with Crippen LogP contribution in [0.4, 0.5) is 0 Å². The summed E-state index contributed by atoms with van der Waals surface area (Å²) >= 11 is 0. The fraction of sp³-hybridized carbons (Fsp3) is 0.611. The molecule has 2 N–H and O–H groups in total. The maximum atomic E-state index is 12.6. The van der Waals surface area contributed by atoms with Gasteiger partial charge >= 0.3 is 0 Å². The molecule has 0 bridgehead atoms. The van der Waals surface area contributed by atoms with Crippen molar-refractivity contribution < 1.29 is 4.79 Å². The summed E-state index contributed by atoms with van der Waals surface area (Å²) in [6.07, 6.45) is 0. The van der Waals surface area contributed by atoms with Crippen molar-refractivity contribution in [3.05, 3.63) is 35.9 Å². The van der Waals surface area contributed by atoms with E-state index in [-0.39, 0.29) is 11.9 Å². The quantitative estimate of drug-likeness (QED) is 0.873. The molecule has 1 heterocycles. The molecule has 0 saturated carbocycles. The van der Waals surface area contributed by atoms with E-state index in [2.05, 4.69) is 29.2 Å². The van der Waals surface area contributed by atoms with Crippen LogP contribution >= 0.6 is 0 Å². The zero-order valence-electron chi connectivity index (χ0n) is 14.0. The zero-order chi connectivity index (χ0) is 16.1. The summed E-state index contributed by atoms with van der Waals surface area (Å²) in [5.74, 6) is 1.09. The second-order valence-corrected chi connectivity index (χ2v) is 6.15. The van der Waals surface area contributed by atoms with Crippen molar-refractivity contribution in [2.24, 2.45) is 11.7 Å². The highest BCUT2D eigenvalue weighted by molar-refractivity contribution is 5.81. The largest absolute Gasteiger partial charge is 0.342 e. The number of carbonyl (C=O) groups is 1. The lowest BCUT2D eigenvalue weighted by Crippen LogP contribution is -2.46. The minimum absolute atomic E-state index is 0.0670. The first kappa shape index (κ1) is 17.0. The van der Waals surface area contributed by atoms with Gasteiger partial charge in [0.2, 0.25) is 5.91 Å². The molecule has 1 fully saturated rings. The van der Waals surface area contributed by atoms with Crippen molar-refractivity contribution in [3.63, 3.8) is 0 Å². The van der Waals surface area contributed by atoms with Gasteiger partial charge in [-0.05, 0) is 38.8 Å². The Labute approximate surface area is 134 Å². The van der Waals surface area contributed by atoms with E-state index in [0.29, 0.717) is 18.4 Å². The second-order valence-electron chi connectivity index (χ2n) is 6.15. The Hall–Kier alpha value is -1.39. The van der Waals surface area contributed by atoms with Crippen LogP contribution in [0.2, 0.25) is 0 Å². The lowest BCUT2D eigenvalue weighted by atomic mass is 9.89. The van der Waals surface area contributed by atoms with Crippen LogP contribution in [0.3, 0.4) is 0 Å². The Morgan fingerprint density at radius 3 is 2.45 bits per heavy atom. The van der Waals surface area contributed by atoms with Crippen LogP contribution in [0.1, 0.15) is 32.3 Å². The van der Waals surface area contributed by atoms with Crippen LogP contribution in [0.15, 0.2) is 30.3 Å². The van der Waals surface area contributed by atoms with E-state index in [9.17, 15) is 4.79 Å². The second kappa shape index (κ2) is 7.75. The molecule has 22 heavy (non-hydrogen) atoms. The van der Waals surface area contributed by atoms with Gasteiger partial charge in [0.05, 0.1) is 6.04 Å². The first-order valence-electron chi connectivity index (χ1n) is 8.40. The van der Waals surface area contributed by atoms with Gasteiger partial charge in [-0.3, -0.25) is 9.69 Å². The number of likely N-dealkylation sites (tertiary alicyclic amines) is 1. The standard InChI is InChI=1S/C18H29N3O/c1-4-20(5-2)18(22)14(3)21-12-16(11-19)17(13-21)15-9-7-6-8-10-15/h6-10,14,16-17H,4-5,11-13,19H2,1-3H3/t14?,16-,17+/m1/s1. The van der Waals surface area contributed by atoms with Crippen LogP contribution in [-0.4, -0.2) is 54.5 Å². The number of nitrogens with two attached hydrogens (primary N) is 1. The van der Waals surface area contributed by atoms with E-state index in [4.69, 9.17) is 5.73 Å². The molecular weight excluding hydrogens is 274 g/mol. The normalized spacial score (nSPS) is 23.5. The summed E-state index contributed by atoms with van der Waals surface area (Å²) < 4.78 is 0. The summed E-state index contributed by atoms with van der Waals surface area (Å²) in [6.45, 7) is 10.1. The molecule has 4 nitrogen and oxygen atoms in total. The Balaban J connectivity index is 2.10. The highest BCUT2D eigenvalue weighted by Crippen LogP contribution is 2.33. The molecule has 2 rings (SSSR count). The van der Waals surface area contributed by atoms with Gasteiger partial charge in [-0.2, -0.15) is 0 Å². The number of benzene rings is 1. The van der Waals surface area contributed by atoms with E-state index < -0.39 is 0 Å². The third kappa shape index (κ3) is 3.50. The molecule has 0 spiro atoms. The van der Waals surface area contributed by atoms with Crippen molar-refractivity contribution in [2.75, 3.05) is 32.7 Å². The number of carbonyl (C=O) groups excluding carboxylic acids is 1. The SMILES string of the molecule is CCN(CC)C(=O)C(C)N1C[C@@H](CN)[C@H](c2ccccc2)C1. The van der Waals surface area contributed by atoms with E-state index in [1.165, 1.54) is 5.56 Å². The lowest BCUT2D eigenvalue weighted by molar-refractivity contribution is -0.135. The molecule has 1 aliphatic rings. The number of hydrogen-bond acceptors (Lipinski definition) is 3. The molecule has 1 unspecified atom stereocenters. The third-order valence-corrected chi connectivity index (χ3v) is 4.98. The van der Waals surface area contributed by atoms with Crippen molar-refractivity contribution in [1.29, 1.82) is 0 Å². The van der Waals surface area contributed by atoms with Gasteiger partial charge in [0.1, 0.15) is 0 Å². The Morgan fingerprint density at radius 1 is 1.27 bits per heavy atom. The topological polar surface area (TPSA) is 49.6 Å². The molecule has 0 aromatic heterocycles. The molecule has 1 amide bonds. The average molecular weight is 303 g/mol. The molecule has 122 valence electrons. The van der Waals surface area contributed by atoms with E-state index in [1.54, 1.807) is 0 Å². The van der Waals surface area contributed by atoms with Crippen LogP contribution in [-0.2, 0) is 4.79 Å². The maximum absolute atomic E-state index is 12.6. The van der Waals surface area contributed by atoms with Gasteiger partial charge in [-0.15, -0.1) is 0 Å². The number of rotatable bonds is 6. The van der Waals surface area contributed by atoms with E-state index in [1.807, 2.05) is 31.7 Å². The summed E-state index contributed by atoms with van der Waals surface area (Å²) in [5, 5.41) is 0. The maximum Gasteiger partial charge on any atom is 0.239 e. The van der Waals surface area contributed by atoms with Crippen molar-refractivity contribution in [3.8, 4) is 0 Å². The van der Waals surface area contributed by atoms with Crippen molar-refractivity contribution in [1.82, 2.24) is 9.80 Å². The molecule has 0 radical (unpaired) electrons. The Morgan fingerprint density at radius 2 is 1.91 bits per heavy atom. The number of nitrogens with zero attached hydrogens (tertiary/aromatic N) is 2. The van der Waals surface area contributed by atoms with Gasteiger partial charge < -0.3 is 10.6 Å². The van der Waals surface area contributed by atoms with Crippen LogP contribution in [0.25, 0.3) is 0 Å². The van der Waals surface area contributed by atoms with Crippen LogP contribution < -0.4 is 5.73 Å². The van der Waals surface area contributed by atoms with Gasteiger partial charge in [-0.25, -0.2) is 0 Å². The van der Waals surface area contributed by atoms with Crippen molar-refractivity contribution in [2.45, 2.75) is 32.7 Å². The Kier molecular flexibility index (Phi) is 5.98. The molecule has 1 saturated heterocycles. The molecule has 1 aromatic rings. The first-order valence-corrected chi connectivity index (χ1v) is 8.40. The summed E-state index contributed by atoms with van der Waals surface area (Å²) in [4.78, 5) is 16.8. The summed E-state index contributed by atoms with van der Waals surface area (Å²) in [6, 6.07) is 10.5. The minimum Gasteiger partial charge on any atom is -0.342 e. The predicted octanol–water partition coefficient (Wildman–Crippen LogP) is 1.92. The van der Waals surface area contributed by atoms with Crippen LogP contribution in [0.5, 0.6) is 0 Å². The first-order chi connectivity index (χ1) is 10.6. The molecule has 3 atom stereocenters. The summed E-state index contributed by atoms with van der Waals surface area (Å²) in [5.41, 5.74) is 7.33. The van der Waals surface area contributed by atoms with Gasteiger partial charge in [-0.1, -0.05) is 30.3 Å². The molecule has 1 aromatic carbocycles. The number of hydrogen-bond donors (Lipinski definition) is 1. The van der Waals surface area contributed by atoms with Gasteiger partial charge in [0.25, 0.3) is 0 Å². The molecular formula is C18H29N3O.